The Hall–Kier alpha value is -1.38. The van der Waals surface area contributed by atoms with Gasteiger partial charge in [-0.1, -0.05) is 13.0 Å². The summed E-state index contributed by atoms with van der Waals surface area (Å²) in [5.74, 6) is 0.107. The van der Waals surface area contributed by atoms with Crippen molar-refractivity contribution in [2.24, 2.45) is 0 Å². The molecule has 0 aliphatic heterocycles. The molecule has 70 valence electrons. The van der Waals surface area contributed by atoms with E-state index in [0.717, 1.165) is 6.42 Å². The summed E-state index contributed by atoms with van der Waals surface area (Å²) in [6.07, 6.45) is 3.01. The van der Waals surface area contributed by atoms with Gasteiger partial charge < -0.3 is 4.57 Å². The Kier molecular flexibility index (Phi) is 3.43. The maximum absolute atomic E-state index is 11.2. The SMILES string of the molecule is CCCC(=O)Cn1ccccc1=O. The molecule has 0 saturated carbocycles. The van der Waals surface area contributed by atoms with E-state index in [1.54, 1.807) is 18.3 Å². The summed E-state index contributed by atoms with van der Waals surface area (Å²) < 4.78 is 1.43. The first kappa shape index (κ1) is 9.71. The molecular formula is C10H13NO2. The summed E-state index contributed by atoms with van der Waals surface area (Å²) >= 11 is 0. The van der Waals surface area contributed by atoms with Crippen LogP contribution in [-0.4, -0.2) is 10.4 Å². The van der Waals surface area contributed by atoms with Gasteiger partial charge in [-0.2, -0.15) is 0 Å². The van der Waals surface area contributed by atoms with Crippen LogP contribution >= 0.6 is 0 Å². The van der Waals surface area contributed by atoms with Crippen molar-refractivity contribution in [3.8, 4) is 0 Å². The molecule has 0 aliphatic rings. The Morgan fingerprint density at radius 1 is 1.46 bits per heavy atom. The molecule has 0 radical (unpaired) electrons. The molecule has 0 unspecified atom stereocenters. The van der Waals surface area contributed by atoms with Crippen molar-refractivity contribution >= 4 is 5.78 Å². The van der Waals surface area contributed by atoms with Crippen LogP contribution in [0.1, 0.15) is 19.8 Å². The van der Waals surface area contributed by atoms with Crippen LogP contribution in [0.2, 0.25) is 0 Å². The van der Waals surface area contributed by atoms with Crippen molar-refractivity contribution in [1.29, 1.82) is 0 Å². The summed E-state index contributed by atoms with van der Waals surface area (Å²) in [7, 11) is 0. The van der Waals surface area contributed by atoms with E-state index >= 15 is 0 Å². The molecule has 0 aliphatic carbocycles. The zero-order valence-corrected chi connectivity index (χ0v) is 7.69. The number of hydrogen-bond acceptors (Lipinski definition) is 2. The van der Waals surface area contributed by atoms with Gasteiger partial charge in [0.05, 0.1) is 6.54 Å². The standard InChI is InChI=1S/C10H13NO2/c1-2-5-9(12)8-11-7-4-3-6-10(11)13/h3-4,6-7H,2,5,8H2,1H3. The van der Waals surface area contributed by atoms with Gasteiger partial charge in [0.1, 0.15) is 0 Å². The molecule has 0 aromatic carbocycles. The van der Waals surface area contributed by atoms with Gasteiger partial charge >= 0.3 is 0 Å². The van der Waals surface area contributed by atoms with Crippen molar-refractivity contribution < 1.29 is 4.79 Å². The molecule has 0 spiro atoms. The van der Waals surface area contributed by atoms with Gasteiger partial charge in [-0.25, -0.2) is 0 Å². The van der Waals surface area contributed by atoms with Gasteiger partial charge in [-0.05, 0) is 12.5 Å². The molecule has 3 heteroatoms. The van der Waals surface area contributed by atoms with Crippen LogP contribution in [0.25, 0.3) is 0 Å². The average Bonchev–Trinajstić information content (AvgIpc) is 2.09. The summed E-state index contributed by atoms with van der Waals surface area (Å²) in [6.45, 7) is 2.15. The van der Waals surface area contributed by atoms with E-state index in [1.807, 2.05) is 6.92 Å². The van der Waals surface area contributed by atoms with Crippen molar-refractivity contribution in [2.45, 2.75) is 26.3 Å². The molecule has 0 atom stereocenters. The molecule has 0 amide bonds. The van der Waals surface area contributed by atoms with Gasteiger partial charge in [0.15, 0.2) is 5.78 Å². The van der Waals surface area contributed by atoms with Crippen LogP contribution in [0.3, 0.4) is 0 Å². The summed E-state index contributed by atoms with van der Waals surface area (Å²) in [5.41, 5.74) is -0.119. The highest BCUT2D eigenvalue weighted by atomic mass is 16.1. The molecule has 13 heavy (non-hydrogen) atoms. The monoisotopic (exact) mass is 179 g/mol. The van der Waals surface area contributed by atoms with E-state index in [9.17, 15) is 9.59 Å². The van der Waals surface area contributed by atoms with Crippen molar-refractivity contribution in [3.63, 3.8) is 0 Å². The molecule has 1 aromatic heterocycles. The third-order valence-electron chi connectivity index (χ3n) is 1.77. The molecule has 1 rings (SSSR count). The minimum atomic E-state index is -0.119. The largest absolute Gasteiger partial charge is 0.308 e. The summed E-state index contributed by atoms with van der Waals surface area (Å²) in [6, 6.07) is 4.88. The Morgan fingerprint density at radius 2 is 2.23 bits per heavy atom. The van der Waals surface area contributed by atoms with Crippen LogP contribution < -0.4 is 5.56 Å². The van der Waals surface area contributed by atoms with Gasteiger partial charge in [-0.3, -0.25) is 9.59 Å². The highest BCUT2D eigenvalue weighted by molar-refractivity contribution is 5.78. The molecule has 0 N–H and O–H groups in total. The lowest BCUT2D eigenvalue weighted by molar-refractivity contribution is -0.119. The Bertz CT molecular complexity index is 341. The minimum Gasteiger partial charge on any atom is -0.308 e. The van der Waals surface area contributed by atoms with Gasteiger partial charge in [0.25, 0.3) is 5.56 Å². The normalized spacial score (nSPS) is 9.92. The van der Waals surface area contributed by atoms with Gasteiger partial charge in [0.2, 0.25) is 0 Å². The Labute approximate surface area is 77.0 Å². The zero-order chi connectivity index (χ0) is 9.68. The summed E-state index contributed by atoms with van der Waals surface area (Å²) in [5, 5.41) is 0. The number of carbonyl (C=O) groups excluding carboxylic acids is 1. The van der Waals surface area contributed by atoms with Crippen LogP contribution in [0.5, 0.6) is 0 Å². The first-order chi connectivity index (χ1) is 6.24. The number of nitrogens with zero attached hydrogens (tertiary/aromatic N) is 1. The van der Waals surface area contributed by atoms with Crippen molar-refractivity contribution in [3.05, 3.63) is 34.7 Å². The second kappa shape index (κ2) is 4.60. The highest BCUT2D eigenvalue weighted by Crippen LogP contribution is 1.92. The maximum atomic E-state index is 11.2. The van der Waals surface area contributed by atoms with Crippen LogP contribution in [0.15, 0.2) is 29.2 Å². The highest BCUT2D eigenvalue weighted by Gasteiger charge is 2.01. The van der Waals surface area contributed by atoms with Crippen molar-refractivity contribution in [2.75, 3.05) is 0 Å². The second-order valence-electron chi connectivity index (χ2n) is 2.96. The number of ketones is 1. The molecule has 1 heterocycles. The first-order valence-electron chi connectivity index (χ1n) is 4.41. The number of hydrogen-bond donors (Lipinski definition) is 0. The molecule has 0 bridgehead atoms. The predicted octanol–water partition coefficient (Wildman–Crippen LogP) is 1.22. The molecule has 0 fully saturated rings. The molecule has 3 nitrogen and oxygen atoms in total. The predicted molar refractivity (Wildman–Crippen MR) is 50.6 cm³/mol. The fourth-order valence-corrected chi connectivity index (χ4v) is 1.14. The minimum absolute atomic E-state index is 0.107. The maximum Gasteiger partial charge on any atom is 0.250 e. The smallest absolute Gasteiger partial charge is 0.250 e. The third-order valence-corrected chi connectivity index (χ3v) is 1.77. The van der Waals surface area contributed by atoms with Gasteiger partial charge in [0, 0.05) is 18.7 Å². The van der Waals surface area contributed by atoms with Crippen LogP contribution in [0.4, 0.5) is 0 Å². The number of carbonyl (C=O) groups is 1. The quantitative estimate of drug-likeness (QED) is 0.697. The lowest BCUT2D eigenvalue weighted by Crippen LogP contribution is -2.22. The molecule has 0 saturated heterocycles. The van der Waals surface area contributed by atoms with E-state index in [4.69, 9.17) is 0 Å². The Balaban J connectivity index is 2.69. The van der Waals surface area contributed by atoms with E-state index < -0.39 is 0 Å². The van der Waals surface area contributed by atoms with E-state index in [0.29, 0.717) is 6.42 Å². The fraction of sp³-hybridized carbons (Fsp3) is 0.400. The topological polar surface area (TPSA) is 39.1 Å². The van der Waals surface area contributed by atoms with Crippen LogP contribution in [0, 0.1) is 0 Å². The molecule has 1 aromatic rings. The zero-order valence-electron chi connectivity index (χ0n) is 7.69. The number of rotatable bonds is 4. The third kappa shape index (κ3) is 2.86. The lowest BCUT2D eigenvalue weighted by atomic mass is 10.2. The van der Waals surface area contributed by atoms with E-state index in [-0.39, 0.29) is 17.9 Å². The number of aromatic nitrogens is 1. The van der Waals surface area contributed by atoms with E-state index in [1.165, 1.54) is 10.6 Å². The van der Waals surface area contributed by atoms with E-state index in [2.05, 4.69) is 0 Å². The summed E-state index contributed by atoms with van der Waals surface area (Å²) in [4.78, 5) is 22.4. The first-order valence-corrected chi connectivity index (χ1v) is 4.41. The van der Waals surface area contributed by atoms with Crippen molar-refractivity contribution in [1.82, 2.24) is 4.57 Å². The number of pyridine rings is 1. The van der Waals surface area contributed by atoms with Crippen LogP contribution in [-0.2, 0) is 11.3 Å². The number of Topliss-reactive ketones (excluding diaryl/α,β-unsaturated/α-hetero) is 1. The lowest BCUT2D eigenvalue weighted by Gasteiger charge is -2.02. The average molecular weight is 179 g/mol. The van der Waals surface area contributed by atoms with Gasteiger partial charge in [-0.15, -0.1) is 0 Å². The Morgan fingerprint density at radius 3 is 2.85 bits per heavy atom. The second-order valence-corrected chi connectivity index (χ2v) is 2.96. The fourth-order valence-electron chi connectivity index (χ4n) is 1.14. The molecular weight excluding hydrogens is 166 g/mol.